The normalized spacial score (nSPS) is 38.4. The summed E-state index contributed by atoms with van der Waals surface area (Å²) in [4.78, 5) is 0. The largest absolute Gasteiger partial charge is 0.396 e. The van der Waals surface area contributed by atoms with Gasteiger partial charge >= 0.3 is 0 Å². The van der Waals surface area contributed by atoms with Crippen LogP contribution in [0.25, 0.3) is 0 Å². The minimum absolute atomic E-state index is 0.0350. The van der Waals surface area contributed by atoms with Crippen LogP contribution in [0, 0.1) is 28.1 Å². The molecule has 0 heterocycles. The number of hydrogen-bond donors (Lipinski definition) is 1. The second-order valence-electron chi connectivity index (χ2n) is 8.71. The lowest BCUT2D eigenvalue weighted by Gasteiger charge is -2.61. The van der Waals surface area contributed by atoms with E-state index in [0.717, 1.165) is 18.8 Å². The van der Waals surface area contributed by atoms with Gasteiger partial charge in [0.25, 0.3) is 0 Å². The van der Waals surface area contributed by atoms with Gasteiger partial charge in [-0.05, 0) is 60.2 Å². The second kappa shape index (κ2) is 5.57. The molecule has 0 aliphatic heterocycles. The van der Waals surface area contributed by atoms with Crippen molar-refractivity contribution in [3.8, 4) is 0 Å². The second-order valence-corrected chi connectivity index (χ2v) is 8.71. The zero-order chi connectivity index (χ0) is 15.9. The molecule has 1 heteroatoms. The minimum Gasteiger partial charge on any atom is -0.396 e. The first-order valence-electron chi connectivity index (χ1n) is 8.63. The molecule has 120 valence electrons. The molecule has 2 fully saturated rings. The monoisotopic (exact) mass is 290 g/mol. The van der Waals surface area contributed by atoms with Crippen LogP contribution >= 0.6 is 0 Å². The molecule has 4 atom stereocenters. The lowest BCUT2D eigenvalue weighted by atomic mass is 9.43. The van der Waals surface area contributed by atoms with E-state index in [1.165, 1.54) is 31.3 Å². The van der Waals surface area contributed by atoms with E-state index >= 15 is 0 Å². The summed E-state index contributed by atoms with van der Waals surface area (Å²) in [6.07, 6.45) is 9.26. The molecule has 0 aromatic carbocycles. The first kappa shape index (κ1) is 16.8. The fourth-order valence-electron chi connectivity index (χ4n) is 6.00. The molecule has 1 nitrogen and oxygen atoms in total. The molecule has 0 amide bonds. The number of aliphatic hydroxyl groups is 1. The highest BCUT2D eigenvalue weighted by molar-refractivity contribution is 5.22. The van der Waals surface area contributed by atoms with E-state index in [1.54, 1.807) is 0 Å². The summed E-state index contributed by atoms with van der Waals surface area (Å²) >= 11 is 0. The van der Waals surface area contributed by atoms with Crippen molar-refractivity contribution < 1.29 is 5.11 Å². The molecule has 0 aromatic rings. The average molecular weight is 290 g/mol. The maximum atomic E-state index is 9.56. The molecular weight excluding hydrogens is 256 g/mol. The smallest absolute Gasteiger partial charge is 0.0439 e. The van der Waals surface area contributed by atoms with E-state index in [1.807, 2.05) is 0 Å². The average Bonchev–Trinajstić information content (AvgIpc) is 2.37. The first-order valence-corrected chi connectivity index (χ1v) is 8.63. The standard InChI is InChI=1S/C20H34O/c1-7-19(5,13-14-21)17-15(2)9-10-16-18(3,4)11-8-12-20(16,17)6/h7,16-17,21H,1-2,8-14H2,3-6H3. The Hall–Kier alpha value is -0.560. The summed E-state index contributed by atoms with van der Waals surface area (Å²) in [5.41, 5.74) is 2.08. The first-order chi connectivity index (χ1) is 9.71. The third-order valence-corrected chi connectivity index (χ3v) is 6.87. The Balaban J connectivity index is 2.47. The third kappa shape index (κ3) is 2.63. The van der Waals surface area contributed by atoms with Gasteiger partial charge in [-0.3, -0.25) is 0 Å². The number of hydrogen-bond acceptors (Lipinski definition) is 1. The van der Waals surface area contributed by atoms with Crippen LogP contribution in [0.5, 0.6) is 0 Å². The Bertz CT molecular complexity index is 422. The highest BCUT2D eigenvalue weighted by Gasteiger charge is 2.56. The van der Waals surface area contributed by atoms with Crippen LogP contribution in [0.3, 0.4) is 0 Å². The summed E-state index contributed by atoms with van der Waals surface area (Å²) in [5, 5.41) is 9.56. The van der Waals surface area contributed by atoms with Crippen molar-refractivity contribution >= 4 is 0 Å². The number of rotatable bonds is 4. The van der Waals surface area contributed by atoms with E-state index in [4.69, 9.17) is 0 Å². The molecule has 0 spiro atoms. The van der Waals surface area contributed by atoms with Crippen LogP contribution in [0.4, 0.5) is 0 Å². The maximum Gasteiger partial charge on any atom is 0.0439 e. The summed E-state index contributed by atoms with van der Waals surface area (Å²) < 4.78 is 0. The number of allylic oxidation sites excluding steroid dienone is 2. The van der Waals surface area contributed by atoms with Crippen molar-refractivity contribution in [1.82, 2.24) is 0 Å². The highest BCUT2D eigenvalue weighted by Crippen LogP contribution is 2.65. The highest BCUT2D eigenvalue weighted by atomic mass is 16.3. The topological polar surface area (TPSA) is 20.2 Å². The summed E-state index contributed by atoms with van der Waals surface area (Å²) in [5.74, 6) is 1.21. The van der Waals surface area contributed by atoms with Gasteiger partial charge in [0.2, 0.25) is 0 Å². The number of fused-ring (bicyclic) bond motifs is 1. The lowest BCUT2D eigenvalue weighted by Crippen LogP contribution is -2.53. The Labute approximate surface area is 131 Å². The van der Waals surface area contributed by atoms with E-state index in [-0.39, 0.29) is 12.0 Å². The van der Waals surface area contributed by atoms with Crippen molar-refractivity contribution in [1.29, 1.82) is 0 Å². The molecule has 0 aromatic heterocycles. The SMILES string of the molecule is C=CC(C)(CCO)C1C(=C)CCC2C(C)(C)CCCC21C. The predicted octanol–water partition coefficient (Wildman–Crippen LogP) is 5.36. The molecule has 2 rings (SSSR count). The van der Waals surface area contributed by atoms with E-state index in [9.17, 15) is 5.11 Å². The molecule has 0 radical (unpaired) electrons. The molecule has 0 bridgehead atoms. The minimum atomic E-state index is -0.0350. The van der Waals surface area contributed by atoms with Crippen LogP contribution in [-0.4, -0.2) is 11.7 Å². The Morgan fingerprint density at radius 2 is 2.00 bits per heavy atom. The van der Waals surface area contributed by atoms with Crippen molar-refractivity contribution in [2.75, 3.05) is 6.61 Å². The van der Waals surface area contributed by atoms with Gasteiger partial charge < -0.3 is 5.11 Å². The van der Waals surface area contributed by atoms with E-state index < -0.39 is 0 Å². The Morgan fingerprint density at radius 1 is 1.33 bits per heavy atom. The van der Waals surface area contributed by atoms with Crippen LogP contribution in [-0.2, 0) is 0 Å². The molecule has 2 aliphatic carbocycles. The van der Waals surface area contributed by atoms with Gasteiger partial charge in [-0.1, -0.05) is 52.3 Å². The Kier molecular flexibility index (Phi) is 4.46. The molecule has 2 saturated carbocycles. The number of aliphatic hydroxyl groups excluding tert-OH is 1. The quantitative estimate of drug-likeness (QED) is 0.691. The fraction of sp³-hybridized carbons (Fsp3) is 0.800. The van der Waals surface area contributed by atoms with Gasteiger partial charge in [0.15, 0.2) is 0 Å². The van der Waals surface area contributed by atoms with Crippen LogP contribution in [0.2, 0.25) is 0 Å². The molecular formula is C20H34O. The Morgan fingerprint density at radius 3 is 2.57 bits per heavy atom. The summed E-state index contributed by atoms with van der Waals surface area (Å²) in [6, 6.07) is 0. The van der Waals surface area contributed by atoms with Gasteiger partial charge in [-0.15, -0.1) is 6.58 Å². The van der Waals surface area contributed by atoms with Gasteiger partial charge in [0, 0.05) is 6.61 Å². The van der Waals surface area contributed by atoms with E-state index in [2.05, 4.69) is 46.9 Å². The summed E-state index contributed by atoms with van der Waals surface area (Å²) in [7, 11) is 0. The lowest BCUT2D eigenvalue weighted by molar-refractivity contribution is -0.0829. The summed E-state index contributed by atoms with van der Waals surface area (Å²) in [6.45, 7) is 18.5. The van der Waals surface area contributed by atoms with Crippen molar-refractivity contribution in [2.45, 2.75) is 66.2 Å². The molecule has 0 saturated heterocycles. The predicted molar refractivity (Wildman–Crippen MR) is 91.1 cm³/mol. The van der Waals surface area contributed by atoms with Crippen LogP contribution in [0.1, 0.15) is 66.2 Å². The van der Waals surface area contributed by atoms with Crippen LogP contribution in [0.15, 0.2) is 24.8 Å². The van der Waals surface area contributed by atoms with Gasteiger partial charge in [0.1, 0.15) is 0 Å². The van der Waals surface area contributed by atoms with Crippen LogP contribution < -0.4 is 0 Å². The third-order valence-electron chi connectivity index (χ3n) is 6.87. The van der Waals surface area contributed by atoms with Crippen molar-refractivity contribution in [3.05, 3.63) is 24.8 Å². The van der Waals surface area contributed by atoms with Gasteiger partial charge in [-0.2, -0.15) is 0 Å². The molecule has 1 N–H and O–H groups in total. The van der Waals surface area contributed by atoms with Crippen molar-refractivity contribution in [3.63, 3.8) is 0 Å². The molecule has 21 heavy (non-hydrogen) atoms. The maximum absolute atomic E-state index is 9.56. The van der Waals surface area contributed by atoms with Crippen molar-refractivity contribution in [2.24, 2.45) is 28.1 Å². The zero-order valence-electron chi connectivity index (χ0n) is 14.5. The van der Waals surface area contributed by atoms with Gasteiger partial charge in [0.05, 0.1) is 0 Å². The molecule has 4 unspecified atom stereocenters. The fourth-order valence-corrected chi connectivity index (χ4v) is 6.00. The van der Waals surface area contributed by atoms with Gasteiger partial charge in [-0.25, -0.2) is 0 Å². The van der Waals surface area contributed by atoms with E-state index in [0.29, 0.717) is 16.7 Å². The zero-order valence-corrected chi connectivity index (χ0v) is 14.5. The molecule has 2 aliphatic rings.